The third-order valence-electron chi connectivity index (χ3n) is 3.23. The number of carbonyl (C=O) groups is 1. The van der Waals surface area contributed by atoms with Gasteiger partial charge in [-0.25, -0.2) is 0 Å². The number of hydrogen-bond donors (Lipinski definition) is 1. The van der Waals surface area contributed by atoms with Crippen molar-refractivity contribution in [2.45, 2.75) is 20.1 Å². The topological polar surface area (TPSA) is 65.4 Å². The van der Waals surface area contributed by atoms with Crippen LogP contribution in [0, 0.1) is 6.92 Å². The van der Waals surface area contributed by atoms with E-state index in [-0.39, 0.29) is 12.5 Å². The third-order valence-corrected chi connectivity index (χ3v) is 3.23. The molecule has 6 heteroatoms. The number of amides is 1. The highest BCUT2D eigenvalue weighted by Gasteiger charge is 2.06. The average Bonchev–Trinajstić information content (AvgIpc) is 2.84. The van der Waals surface area contributed by atoms with Gasteiger partial charge in [-0.15, -0.1) is 0 Å². The summed E-state index contributed by atoms with van der Waals surface area (Å²) in [6.07, 6.45) is 1.92. The molecule has 1 aromatic heterocycles. The standard InChI is InChI=1S/C16H21N3O3/c1-12-9-19(2)18-15(12)8-17-16(20)11-22-10-13-4-6-14(21-3)7-5-13/h4-7,9H,8,10-11H2,1-3H3,(H,17,20). The summed E-state index contributed by atoms with van der Waals surface area (Å²) in [6, 6.07) is 7.55. The van der Waals surface area contributed by atoms with Gasteiger partial charge >= 0.3 is 0 Å². The highest BCUT2D eigenvalue weighted by molar-refractivity contribution is 5.77. The Morgan fingerprint density at radius 3 is 2.64 bits per heavy atom. The molecule has 0 bridgehead atoms. The fourth-order valence-electron chi connectivity index (χ4n) is 2.04. The van der Waals surface area contributed by atoms with Gasteiger partial charge in [-0.2, -0.15) is 5.10 Å². The number of aromatic nitrogens is 2. The Bertz CT molecular complexity index is 620. The highest BCUT2D eigenvalue weighted by atomic mass is 16.5. The summed E-state index contributed by atoms with van der Waals surface area (Å²) in [5.74, 6) is 0.644. The predicted octanol–water partition coefficient (Wildman–Crippen LogP) is 1.57. The first kappa shape index (κ1) is 16.0. The Morgan fingerprint density at radius 1 is 1.32 bits per heavy atom. The fraction of sp³-hybridized carbons (Fsp3) is 0.375. The van der Waals surface area contributed by atoms with Gasteiger partial charge in [0.05, 0.1) is 26.0 Å². The maximum atomic E-state index is 11.7. The number of methoxy groups -OCH3 is 1. The zero-order valence-corrected chi connectivity index (χ0v) is 13.1. The van der Waals surface area contributed by atoms with Crippen LogP contribution in [0.1, 0.15) is 16.8 Å². The lowest BCUT2D eigenvalue weighted by molar-refractivity contribution is -0.126. The van der Waals surface area contributed by atoms with Crippen LogP contribution in [0.5, 0.6) is 5.75 Å². The molecule has 2 aromatic rings. The van der Waals surface area contributed by atoms with Gasteiger partial charge in [-0.05, 0) is 30.2 Å². The quantitative estimate of drug-likeness (QED) is 0.843. The summed E-state index contributed by atoms with van der Waals surface area (Å²) in [6.45, 7) is 2.80. The summed E-state index contributed by atoms with van der Waals surface area (Å²) in [5.41, 5.74) is 2.92. The maximum Gasteiger partial charge on any atom is 0.246 e. The Morgan fingerprint density at radius 2 is 2.05 bits per heavy atom. The molecule has 22 heavy (non-hydrogen) atoms. The van der Waals surface area contributed by atoms with E-state index >= 15 is 0 Å². The summed E-state index contributed by atoms with van der Waals surface area (Å²) >= 11 is 0. The molecule has 0 aliphatic heterocycles. The van der Waals surface area contributed by atoms with E-state index in [9.17, 15) is 4.79 Å². The van der Waals surface area contributed by atoms with E-state index in [2.05, 4.69) is 10.4 Å². The first-order valence-electron chi connectivity index (χ1n) is 7.05. The van der Waals surface area contributed by atoms with Crippen LogP contribution >= 0.6 is 0 Å². The van der Waals surface area contributed by atoms with Crippen LogP contribution in [0.2, 0.25) is 0 Å². The van der Waals surface area contributed by atoms with E-state index in [0.717, 1.165) is 22.6 Å². The molecular weight excluding hydrogens is 282 g/mol. The molecule has 2 rings (SSSR count). The van der Waals surface area contributed by atoms with Gasteiger partial charge in [0, 0.05) is 13.2 Å². The Balaban J connectivity index is 1.70. The fourth-order valence-corrected chi connectivity index (χ4v) is 2.04. The minimum absolute atomic E-state index is 0.0257. The number of hydrogen-bond acceptors (Lipinski definition) is 4. The van der Waals surface area contributed by atoms with Crippen LogP contribution < -0.4 is 10.1 Å². The van der Waals surface area contributed by atoms with Gasteiger partial charge in [-0.3, -0.25) is 9.48 Å². The van der Waals surface area contributed by atoms with Crippen LogP contribution in [0.15, 0.2) is 30.5 Å². The molecule has 0 fully saturated rings. The van der Waals surface area contributed by atoms with E-state index < -0.39 is 0 Å². The zero-order chi connectivity index (χ0) is 15.9. The lowest BCUT2D eigenvalue weighted by Gasteiger charge is -2.06. The number of rotatable bonds is 7. The van der Waals surface area contributed by atoms with Gasteiger partial charge in [0.25, 0.3) is 0 Å². The second-order valence-electron chi connectivity index (χ2n) is 5.05. The summed E-state index contributed by atoms with van der Waals surface area (Å²) in [5, 5.41) is 7.07. The van der Waals surface area contributed by atoms with Crippen molar-refractivity contribution in [1.29, 1.82) is 0 Å². The van der Waals surface area contributed by atoms with Crippen molar-refractivity contribution in [3.8, 4) is 5.75 Å². The first-order chi connectivity index (χ1) is 10.6. The van der Waals surface area contributed by atoms with Gasteiger partial charge in [0.2, 0.25) is 5.91 Å². The molecule has 1 aromatic carbocycles. The monoisotopic (exact) mass is 303 g/mol. The molecule has 118 valence electrons. The van der Waals surface area contributed by atoms with Crippen LogP contribution in [0.4, 0.5) is 0 Å². The summed E-state index contributed by atoms with van der Waals surface area (Å²) in [4.78, 5) is 11.7. The minimum Gasteiger partial charge on any atom is -0.497 e. The summed E-state index contributed by atoms with van der Waals surface area (Å²) in [7, 11) is 3.48. The number of aryl methyl sites for hydroxylation is 2. The lowest BCUT2D eigenvalue weighted by Crippen LogP contribution is -2.27. The van der Waals surface area contributed by atoms with Gasteiger partial charge < -0.3 is 14.8 Å². The van der Waals surface area contributed by atoms with Crippen molar-refractivity contribution >= 4 is 5.91 Å². The van der Waals surface area contributed by atoms with Crippen LogP contribution in [-0.4, -0.2) is 29.4 Å². The first-order valence-corrected chi connectivity index (χ1v) is 7.05. The Kier molecular flexibility index (Phi) is 5.55. The van der Waals surface area contributed by atoms with Crippen molar-refractivity contribution in [1.82, 2.24) is 15.1 Å². The van der Waals surface area contributed by atoms with Crippen LogP contribution in [-0.2, 0) is 29.7 Å². The number of nitrogens with zero attached hydrogens (tertiary/aromatic N) is 2. The molecule has 6 nitrogen and oxygen atoms in total. The number of benzene rings is 1. The van der Waals surface area contributed by atoms with Crippen molar-refractivity contribution in [3.05, 3.63) is 47.3 Å². The average molecular weight is 303 g/mol. The Hall–Kier alpha value is -2.34. The van der Waals surface area contributed by atoms with Crippen molar-refractivity contribution in [2.75, 3.05) is 13.7 Å². The number of nitrogens with one attached hydrogen (secondary N) is 1. The van der Waals surface area contributed by atoms with Gasteiger partial charge in [-0.1, -0.05) is 12.1 Å². The van der Waals surface area contributed by atoms with E-state index in [1.165, 1.54) is 0 Å². The molecular formula is C16H21N3O3. The van der Waals surface area contributed by atoms with Crippen LogP contribution in [0.3, 0.4) is 0 Å². The van der Waals surface area contributed by atoms with E-state index in [1.807, 2.05) is 44.4 Å². The zero-order valence-electron chi connectivity index (χ0n) is 13.1. The van der Waals surface area contributed by atoms with E-state index in [1.54, 1.807) is 11.8 Å². The molecule has 0 aliphatic rings. The smallest absolute Gasteiger partial charge is 0.246 e. The van der Waals surface area contributed by atoms with Crippen molar-refractivity contribution in [3.63, 3.8) is 0 Å². The SMILES string of the molecule is COc1ccc(COCC(=O)NCc2nn(C)cc2C)cc1. The van der Waals surface area contributed by atoms with Gasteiger partial charge in [0.15, 0.2) is 0 Å². The van der Waals surface area contributed by atoms with Crippen molar-refractivity contribution in [2.24, 2.45) is 7.05 Å². The second kappa shape index (κ2) is 7.61. The maximum absolute atomic E-state index is 11.7. The molecule has 0 radical (unpaired) electrons. The largest absolute Gasteiger partial charge is 0.497 e. The predicted molar refractivity (Wildman–Crippen MR) is 82.4 cm³/mol. The molecule has 0 unspecified atom stereocenters. The highest BCUT2D eigenvalue weighted by Crippen LogP contribution is 2.11. The molecule has 1 heterocycles. The molecule has 0 saturated heterocycles. The normalized spacial score (nSPS) is 10.5. The number of carbonyl (C=O) groups excluding carboxylic acids is 1. The molecule has 0 saturated carbocycles. The molecule has 1 N–H and O–H groups in total. The second-order valence-corrected chi connectivity index (χ2v) is 5.05. The molecule has 0 aliphatic carbocycles. The lowest BCUT2D eigenvalue weighted by atomic mass is 10.2. The Labute approximate surface area is 130 Å². The number of ether oxygens (including phenoxy) is 2. The van der Waals surface area contributed by atoms with Gasteiger partial charge in [0.1, 0.15) is 12.4 Å². The van der Waals surface area contributed by atoms with E-state index in [0.29, 0.717) is 13.2 Å². The van der Waals surface area contributed by atoms with Crippen LogP contribution in [0.25, 0.3) is 0 Å². The summed E-state index contributed by atoms with van der Waals surface area (Å²) < 4.78 is 12.2. The third kappa shape index (κ3) is 4.60. The van der Waals surface area contributed by atoms with Crippen molar-refractivity contribution < 1.29 is 14.3 Å². The molecule has 1 amide bonds. The molecule has 0 atom stereocenters. The molecule has 0 spiro atoms. The van der Waals surface area contributed by atoms with E-state index in [4.69, 9.17) is 9.47 Å². The minimum atomic E-state index is -0.154.